The molecular formula is C13H26N4O2. The van der Waals surface area contributed by atoms with Crippen LogP contribution < -0.4 is 16.0 Å². The number of carbonyl (C=O) groups excluding carboxylic acids is 2. The second kappa shape index (κ2) is 8.12. The second-order valence-electron chi connectivity index (χ2n) is 5.22. The lowest BCUT2D eigenvalue weighted by molar-refractivity contribution is -0.121. The molecule has 0 aromatic carbocycles. The van der Waals surface area contributed by atoms with Crippen LogP contribution in [0.4, 0.5) is 4.79 Å². The molecular weight excluding hydrogens is 244 g/mol. The lowest BCUT2D eigenvalue weighted by atomic mass is 10.2. The molecule has 19 heavy (non-hydrogen) atoms. The fraction of sp³-hybridized carbons (Fsp3) is 0.846. The molecule has 0 radical (unpaired) electrons. The van der Waals surface area contributed by atoms with Crippen LogP contribution in [0.5, 0.6) is 0 Å². The van der Waals surface area contributed by atoms with Gasteiger partial charge >= 0.3 is 6.03 Å². The van der Waals surface area contributed by atoms with Crippen LogP contribution in [-0.4, -0.2) is 55.1 Å². The van der Waals surface area contributed by atoms with Gasteiger partial charge in [-0.25, -0.2) is 4.79 Å². The van der Waals surface area contributed by atoms with Crippen molar-refractivity contribution in [2.24, 2.45) is 0 Å². The van der Waals surface area contributed by atoms with Crippen molar-refractivity contribution >= 4 is 11.9 Å². The van der Waals surface area contributed by atoms with E-state index in [1.54, 1.807) is 0 Å². The monoisotopic (exact) mass is 270 g/mol. The van der Waals surface area contributed by atoms with E-state index in [0.717, 1.165) is 19.5 Å². The maximum Gasteiger partial charge on any atom is 0.321 e. The summed E-state index contributed by atoms with van der Waals surface area (Å²) < 4.78 is 0. The van der Waals surface area contributed by atoms with E-state index in [-0.39, 0.29) is 18.5 Å². The molecule has 0 aromatic rings. The highest BCUT2D eigenvalue weighted by molar-refractivity contribution is 5.95. The minimum absolute atomic E-state index is 0.252. The standard InChI is InChI=1S/C13H26N4O2/c1-4-14-13(19)16-12(18)9-17(10(2)3)8-11-6-5-7-15-11/h10-11,15H,4-9H2,1-3H3,(H2,14,16,18,19). The minimum Gasteiger partial charge on any atom is -0.338 e. The highest BCUT2D eigenvalue weighted by atomic mass is 16.2. The van der Waals surface area contributed by atoms with E-state index in [4.69, 9.17) is 0 Å². The van der Waals surface area contributed by atoms with E-state index in [9.17, 15) is 9.59 Å². The third kappa shape index (κ3) is 6.02. The molecule has 1 fully saturated rings. The number of imide groups is 1. The number of rotatable bonds is 6. The molecule has 1 atom stereocenters. The Morgan fingerprint density at radius 3 is 2.68 bits per heavy atom. The van der Waals surface area contributed by atoms with Gasteiger partial charge in [-0.1, -0.05) is 0 Å². The van der Waals surface area contributed by atoms with Gasteiger partial charge in [0.15, 0.2) is 0 Å². The number of hydrogen-bond donors (Lipinski definition) is 3. The van der Waals surface area contributed by atoms with Crippen molar-refractivity contribution in [3.05, 3.63) is 0 Å². The molecule has 3 amide bonds. The van der Waals surface area contributed by atoms with Crippen LogP contribution in [0, 0.1) is 0 Å². The molecule has 1 saturated heterocycles. The molecule has 6 heteroatoms. The van der Waals surface area contributed by atoms with E-state index in [2.05, 4.69) is 34.7 Å². The van der Waals surface area contributed by atoms with Gasteiger partial charge in [-0.2, -0.15) is 0 Å². The smallest absolute Gasteiger partial charge is 0.321 e. The van der Waals surface area contributed by atoms with Gasteiger partial charge in [-0.3, -0.25) is 15.0 Å². The Kier molecular flexibility index (Phi) is 6.80. The summed E-state index contributed by atoms with van der Waals surface area (Å²) >= 11 is 0. The van der Waals surface area contributed by atoms with Crippen molar-refractivity contribution in [3.8, 4) is 0 Å². The van der Waals surface area contributed by atoms with E-state index in [1.165, 1.54) is 6.42 Å². The first kappa shape index (κ1) is 15.9. The molecule has 1 aliphatic heterocycles. The van der Waals surface area contributed by atoms with E-state index >= 15 is 0 Å². The summed E-state index contributed by atoms with van der Waals surface area (Å²) in [5.74, 6) is -0.252. The van der Waals surface area contributed by atoms with Gasteiger partial charge in [0.2, 0.25) is 5.91 Å². The van der Waals surface area contributed by atoms with Crippen LogP contribution in [0.1, 0.15) is 33.6 Å². The number of nitrogens with one attached hydrogen (secondary N) is 3. The third-order valence-electron chi connectivity index (χ3n) is 3.28. The van der Waals surface area contributed by atoms with Crippen molar-refractivity contribution in [1.82, 2.24) is 20.9 Å². The summed E-state index contributed by atoms with van der Waals surface area (Å²) in [6, 6.07) is 0.317. The molecule has 0 saturated carbocycles. The molecule has 1 rings (SSSR count). The number of amides is 3. The van der Waals surface area contributed by atoms with E-state index in [0.29, 0.717) is 12.6 Å². The van der Waals surface area contributed by atoms with Crippen LogP contribution >= 0.6 is 0 Å². The number of nitrogens with zero attached hydrogens (tertiary/aromatic N) is 1. The van der Waals surface area contributed by atoms with Crippen LogP contribution in [-0.2, 0) is 4.79 Å². The molecule has 0 bridgehead atoms. The van der Waals surface area contributed by atoms with Crippen molar-refractivity contribution < 1.29 is 9.59 Å². The molecule has 0 aliphatic carbocycles. The van der Waals surface area contributed by atoms with E-state index < -0.39 is 6.03 Å². The largest absolute Gasteiger partial charge is 0.338 e. The fourth-order valence-corrected chi connectivity index (χ4v) is 2.21. The molecule has 1 aliphatic rings. The first-order valence-corrected chi connectivity index (χ1v) is 7.08. The summed E-state index contributed by atoms with van der Waals surface area (Å²) in [5, 5.41) is 8.31. The van der Waals surface area contributed by atoms with Crippen LogP contribution in [0.25, 0.3) is 0 Å². The summed E-state index contributed by atoms with van der Waals surface area (Å²) in [6.07, 6.45) is 2.35. The average molecular weight is 270 g/mol. The zero-order valence-electron chi connectivity index (χ0n) is 12.2. The fourth-order valence-electron chi connectivity index (χ4n) is 2.21. The summed E-state index contributed by atoms with van der Waals surface area (Å²) in [5.41, 5.74) is 0. The van der Waals surface area contributed by atoms with Crippen molar-refractivity contribution in [1.29, 1.82) is 0 Å². The quantitative estimate of drug-likeness (QED) is 0.649. The van der Waals surface area contributed by atoms with Crippen molar-refractivity contribution in [2.75, 3.05) is 26.2 Å². The van der Waals surface area contributed by atoms with Crippen LogP contribution in [0.3, 0.4) is 0 Å². The lowest BCUT2D eigenvalue weighted by Crippen LogP contribution is -2.49. The SMILES string of the molecule is CCNC(=O)NC(=O)CN(CC1CCCN1)C(C)C. The van der Waals surface area contributed by atoms with Crippen molar-refractivity contribution in [2.45, 2.75) is 45.7 Å². The van der Waals surface area contributed by atoms with Gasteiger partial charge in [0.25, 0.3) is 0 Å². The number of urea groups is 1. The second-order valence-corrected chi connectivity index (χ2v) is 5.22. The topological polar surface area (TPSA) is 73.5 Å². The molecule has 1 heterocycles. The van der Waals surface area contributed by atoms with Gasteiger partial charge in [0, 0.05) is 25.2 Å². The van der Waals surface area contributed by atoms with Gasteiger partial charge in [-0.15, -0.1) is 0 Å². The first-order chi connectivity index (χ1) is 9.02. The Balaban J connectivity index is 2.39. The number of carbonyl (C=O) groups is 2. The maximum atomic E-state index is 11.8. The third-order valence-corrected chi connectivity index (χ3v) is 3.28. The van der Waals surface area contributed by atoms with Gasteiger partial charge < -0.3 is 10.6 Å². The molecule has 1 unspecified atom stereocenters. The Bertz CT molecular complexity index is 301. The van der Waals surface area contributed by atoms with Gasteiger partial charge in [0.1, 0.15) is 0 Å². The van der Waals surface area contributed by atoms with Crippen molar-refractivity contribution in [3.63, 3.8) is 0 Å². The molecule has 6 nitrogen and oxygen atoms in total. The highest BCUT2D eigenvalue weighted by Crippen LogP contribution is 2.08. The normalized spacial score (nSPS) is 18.9. The highest BCUT2D eigenvalue weighted by Gasteiger charge is 2.21. The van der Waals surface area contributed by atoms with Gasteiger partial charge in [0.05, 0.1) is 6.54 Å². The van der Waals surface area contributed by atoms with Gasteiger partial charge in [-0.05, 0) is 40.2 Å². The Morgan fingerprint density at radius 1 is 1.42 bits per heavy atom. The number of hydrogen-bond acceptors (Lipinski definition) is 4. The van der Waals surface area contributed by atoms with Crippen LogP contribution in [0.2, 0.25) is 0 Å². The molecule has 0 aromatic heterocycles. The zero-order chi connectivity index (χ0) is 14.3. The molecule has 3 N–H and O–H groups in total. The Labute approximate surface area is 115 Å². The maximum absolute atomic E-state index is 11.8. The Morgan fingerprint density at radius 2 is 2.16 bits per heavy atom. The predicted molar refractivity (Wildman–Crippen MR) is 74.9 cm³/mol. The zero-order valence-corrected chi connectivity index (χ0v) is 12.2. The van der Waals surface area contributed by atoms with E-state index in [1.807, 2.05) is 6.92 Å². The molecule has 0 spiro atoms. The first-order valence-electron chi connectivity index (χ1n) is 7.08. The lowest BCUT2D eigenvalue weighted by Gasteiger charge is -2.28. The summed E-state index contributed by atoms with van der Waals surface area (Å²) in [4.78, 5) is 25.2. The Hall–Kier alpha value is -1.14. The van der Waals surface area contributed by atoms with Crippen LogP contribution in [0.15, 0.2) is 0 Å². The minimum atomic E-state index is -0.421. The average Bonchev–Trinajstić information content (AvgIpc) is 2.80. The molecule has 110 valence electrons. The summed E-state index contributed by atoms with van der Waals surface area (Å²) in [6.45, 7) is 8.62. The predicted octanol–water partition coefficient (Wildman–Crippen LogP) is 0.295. The summed E-state index contributed by atoms with van der Waals surface area (Å²) in [7, 11) is 0.